The highest BCUT2D eigenvalue weighted by molar-refractivity contribution is 6.54. The van der Waals surface area contributed by atoms with E-state index in [9.17, 15) is 4.79 Å². The Labute approximate surface area is 160 Å². The summed E-state index contributed by atoms with van der Waals surface area (Å²) < 4.78 is 0. The van der Waals surface area contributed by atoms with E-state index < -0.39 is 0 Å². The number of carbonyl (C=O) groups is 1. The summed E-state index contributed by atoms with van der Waals surface area (Å²) in [5, 5.41) is 0. The molecular weight excluding hydrogens is 336 g/mol. The Morgan fingerprint density at radius 3 is 2.44 bits per heavy atom. The van der Waals surface area contributed by atoms with Crippen LogP contribution in [0.4, 0.5) is 11.4 Å². The Balaban J connectivity index is 1.65. The molecule has 0 saturated carbocycles. The standard InChI is InChI=1S/C22H26N4O/c1-16-8-9-18(14-17(16)2)23-21-19-6-4-5-7-20(19)26(22(21)27)15-25-12-10-24(3)11-13-25/h4-9,14H,10-13,15H2,1-3H3. The van der Waals surface area contributed by atoms with Crippen molar-refractivity contribution in [3.63, 3.8) is 0 Å². The lowest BCUT2D eigenvalue weighted by Gasteiger charge is -2.34. The lowest BCUT2D eigenvalue weighted by molar-refractivity contribution is -0.112. The molecule has 4 rings (SSSR count). The topological polar surface area (TPSA) is 39.2 Å². The van der Waals surface area contributed by atoms with Crippen LogP contribution in [-0.4, -0.2) is 61.3 Å². The van der Waals surface area contributed by atoms with Gasteiger partial charge in [-0.15, -0.1) is 0 Å². The smallest absolute Gasteiger partial charge is 0.278 e. The molecule has 1 fully saturated rings. The molecule has 0 unspecified atom stereocenters. The van der Waals surface area contributed by atoms with Crippen molar-refractivity contribution in [3.05, 3.63) is 59.2 Å². The molecular formula is C22H26N4O. The predicted octanol–water partition coefficient (Wildman–Crippen LogP) is 2.98. The average Bonchev–Trinajstić information content (AvgIpc) is 2.92. The maximum atomic E-state index is 13.2. The lowest BCUT2D eigenvalue weighted by atomic mass is 10.1. The van der Waals surface area contributed by atoms with E-state index in [-0.39, 0.29) is 5.91 Å². The molecule has 5 heteroatoms. The first-order valence-corrected chi connectivity index (χ1v) is 9.51. The Hall–Kier alpha value is -2.50. The minimum absolute atomic E-state index is 0.00615. The van der Waals surface area contributed by atoms with Crippen LogP contribution in [0.15, 0.2) is 47.5 Å². The number of hydrogen-bond acceptors (Lipinski definition) is 4. The van der Waals surface area contributed by atoms with Gasteiger partial charge in [-0.25, -0.2) is 4.99 Å². The molecule has 1 saturated heterocycles. The number of fused-ring (bicyclic) bond motifs is 1. The lowest BCUT2D eigenvalue weighted by Crippen LogP contribution is -2.49. The van der Waals surface area contributed by atoms with Crippen molar-refractivity contribution >= 4 is 23.0 Å². The van der Waals surface area contributed by atoms with Gasteiger partial charge in [0.1, 0.15) is 5.71 Å². The van der Waals surface area contributed by atoms with Gasteiger partial charge in [-0.3, -0.25) is 14.6 Å². The zero-order valence-corrected chi connectivity index (χ0v) is 16.3. The van der Waals surface area contributed by atoms with Gasteiger partial charge < -0.3 is 4.90 Å². The zero-order chi connectivity index (χ0) is 19.0. The Morgan fingerprint density at radius 1 is 0.963 bits per heavy atom. The second kappa shape index (κ2) is 7.25. The van der Waals surface area contributed by atoms with Crippen molar-refractivity contribution < 1.29 is 4.79 Å². The number of anilines is 1. The van der Waals surface area contributed by atoms with E-state index in [2.05, 4.69) is 36.8 Å². The van der Waals surface area contributed by atoms with Crippen LogP contribution in [-0.2, 0) is 4.79 Å². The third kappa shape index (κ3) is 3.53. The second-order valence-corrected chi connectivity index (χ2v) is 7.54. The van der Waals surface area contributed by atoms with Crippen molar-refractivity contribution in [1.82, 2.24) is 9.80 Å². The molecule has 0 radical (unpaired) electrons. The fourth-order valence-electron chi connectivity index (χ4n) is 3.62. The first kappa shape index (κ1) is 17.9. The molecule has 5 nitrogen and oxygen atoms in total. The molecule has 2 aliphatic heterocycles. The van der Waals surface area contributed by atoms with Crippen molar-refractivity contribution in [2.45, 2.75) is 13.8 Å². The summed E-state index contributed by atoms with van der Waals surface area (Å²) in [5.74, 6) is -0.00615. The molecule has 140 valence electrons. The largest absolute Gasteiger partial charge is 0.304 e. The first-order chi connectivity index (χ1) is 13.0. The van der Waals surface area contributed by atoms with E-state index in [1.807, 2.05) is 41.3 Å². The van der Waals surface area contributed by atoms with Crippen LogP contribution in [0.25, 0.3) is 0 Å². The summed E-state index contributed by atoms with van der Waals surface area (Å²) in [6, 6.07) is 14.1. The van der Waals surface area contributed by atoms with Gasteiger partial charge in [-0.05, 0) is 50.2 Å². The van der Waals surface area contributed by atoms with Crippen molar-refractivity contribution in [2.24, 2.45) is 4.99 Å². The maximum absolute atomic E-state index is 13.2. The first-order valence-electron chi connectivity index (χ1n) is 9.51. The Kier molecular flexibility index (Phi) is 4.81. The molecule has 0 aromatic heterocycles. The third-order valence-electron chi connectivity index (χ3n) is 5.57. The van der Waals surface area contributed by atoms with Gasteiger partial charge in [0.2, 0.25) is 0 Å². The Bertz CT molecular complexity index is 897. The third-order valence-corrected chi connectivity index (χ3v) is 5.57. The van der Waals surface area contributed by atoms with Gasteiger partial charge in [-0.1, -0.05) is 24.3 Å². The number of aryl methyl sites for hydroxylation is 2. The minimum atomic E-state index is -0.00615. The molecule has 2 heterocycles. The van der Waals surface area contributed by atoms with E-state index in [0.717, 1.165) is 43.1 Å². The number of benzene rings is 2. The number of rotatable bonds is 3. The molecule has 2 aromatic carbocycles. The summed E-state index contributed by atoms with van der Waals surface area (Å²) in [4.78, 5) is 24.5. The zero-order valence-electron chi connectivity index (χ0n) is 16.3. The molecule has 0 aliphatic carbocycles. The highest BCUT2D eigenvalue weighted by Gasteiger charge is 2.35. The Morgan fingerprint density at radius 2 is 1.70 bits per heavy atom. The number of nitrogens with zero attached hydrogens (tertiary/aromatic N) is 4. The van der Waals surface area contributed by atoms with E-state index in [0.29, 0.717) is 12.4 Å². The van der Waals surface area contributed by atoms with Gasteiger partial charge in [0.15, 0.2) is 0 Å². The van der Waals surface area contributed by atoms with Crippen molar-refractivity contribution in [3.8, 4) is 0 Å². The van der Waals surface area contributed by atoms with Crippen LogP contribution < -0.4 is 4.90 Å². The highest BCUT2D eigenvalue weighted by atomic mass is 16.2. The fraction of sp³-hybridized carbons (Fsp3) is 0.364. The van der Waals surface area contributed by atoms with E-state index >= 15 is 0 Å². The minimum Gasteiger partial charge on any atom is -0.304 e. The summed E-state index contributed by atoms with van der Waals surface area (Å²) in [6.45, 7) is 8.80. The quantitative estimate of drug-likeness (QED) is 0.843. The molecule has 27 heavy (non-hydrogen) atoms. The molecule has 2 aromatic rings. The average molecular weight is 362 g/mol. The monoisotopic (exact) mass is 362 g/mol. The van der Waals surface area contributed by atoms with Crippen LogP contribution in [0, 0.1) is 13.8 Å². The molecule has 0 bridgehead atoms. The van der Waals surface area contributed by atoms with E-state index in [1.165, 1.54) is 11.1 Å². The van der Waals surface area contributed by atoms with Gasteiger partial charge in [-0.2, -0.15) is 0 Å². The summed E-state index contributed by atoms with van der Waals surface area (Å²) in [7, 11) is 2.14. The van der Waals surface area contributed by atoms with Crippen LogP contribution in [0.5, 0.6) is 0 Å². The van der Waals surface area contributed by atoms with Crippen LogP contribution in [0.3, 0.4) is 0 Å². The summed E-state index contributed by atoms with van der Waals surface area (Å²) >= 11 is 0. The second-order valence-electron chi connectivity index (χ2n) is 7.54. The van der Waals surface area contributed by atoms with Gasteiger partial charge in [0.25, 0.3) is 5.91 Å². The number of amides is 1. The SMILES string of the molecule is Cc1ccc(N=C2C(=O)N(CN3CCN(C)CC3)c3ccccc32)cc1C. The molecule has 0 N–H and O–H groups in total. The number of carbonyl (C=O) groups excluding carboxylic acids is 1. The van der Waals surface area contributed by atoms with Gasteiger partial charge in [0.05, 0.1) is 18.0 Å². The maximum Gasteiger partial charge on any atom is 0.278 e. The normalized spacial score (nSPS) is 19.7. The van der Waals surface area contributed by atoms with Crippen LogP contribution >= 0.6 is 0 Å². The summed E-state index contributed by atoms with van der Waals surface area (Å²) in [5.41, 5.74) is 5.68. The van der Waals surface area contributed by atoms with E-state index in [4.69, 9.17) is 4.99 Å². The number of para-hydroxylation sites is 1. The number of likely N-dealkylation sites (N-methyl/N-ethyl adjacent to an activating group) is 1. The summed E-state index contributed by atoms with van der Waals surface area (Å²) in [6.07, 6.45) is 0. The number of aliphatic imine (C=N–C) groups is 1. The number of hydrogen-bond donors (Lipinski definition) is 0. The fourth-order valence-corrected chi connectivity index (χ4v) is 3.62. The highest BCUT2D eigenvalue weighted by Crippen LogP contribution is 2.31. The molecule has 2 aliphatic rings. The molecule has 1 amide bonds. The van der Waals surface area contributed by atoms with Gasteiger partial charge >= 0.3 is 0 Å². The number of piperazine rings is 1. The van der Waals surface area contributed by atoms with E-state index in [1.54, 1.807) is 0 Å². The predicted molar refractivity (Wildman–Crippen MR) is 110 cm³/mol. The molecule has 0 spiro atoms. The van der Waals surface area contributed by atoms with Crippen molar-refractivity contribution in [1.29, 1.82) is 0 Å². The van der Waals surface area contributed by atoms with Crippen molar-refractivity contribution in [2.75, 3.05) is 44.8 Å². The van der Waals surface area contributed by atoms with Gasteiger partial charge in [0, 0.05) is 31.7 Å². The van der Waals surface area contributed by atoms with Crippen LogP contribution in [0.2, 0.25) is 0 Å². The van der Waals surface area contributed by atoms with Crippen LogP contribution in [0.1, 0.15) is 16.7 Å². The molecule has 0 atom stereocenters.